The number of carbonyl (C=O) groups is 1. The number of aliphatic hydroxyl groups excluding tert-OH is 1. The Kier molecular flexibility index (Phi) is 5.05. The van der Waals surface area contributed by atoms with Gasteiger partial charge in [-0.15, -0.1) is 0 Å². The Morgan fingerprint density at radius 2 is 1.93 bits per heavy atom. The molecule has 0 fully saturated rings. The Bertz CT molecular complexity index is 1060. The highest BCUT2D eigenvalue weighted by Gasteiger charge is 2.52. The number of fused-ring (bicyclic) bond motifs is 2. The fraction of sp³-hybridized carbons (Fsp3) is 0.318. The number of nitrogens with zero attached hydrogens (tertiary/aromatic N) is 1. The molecule has 0 saturated heterocycles. The van der Waals surface area contributed by atoms with Gasteiger partial charge in [-0.1, -0.05) is 0 Å². The monoisotopic (exact) mass is 420 g/mol. The third-order valence-corrected chi connectivity index (χ3v) is 5.94. The molecule has 8 heteroatoms. The van der Waals surface area contributed by atoms with E-state index in [1.165, 1.54) is 11.8 Å². The number of halogens is 4. The average Bonchev–Trinajstić information content (AvgIpc) is 3.08. The largest absolute Gasteiger partial charge is 0.396 e. The van der Waals surface area contributed by atoms with Crippen molar-refractivity contribution in [1.29, 1.82) is 0 Å². The van der Waals surface area contributed by atoms with Crippen LogP contribution in [0.3, 0.4) is 0 Å². The zero-order valence-corrected chi connectivity index (χ0v) is 16.2. The molecule has 1 spiro atoms. The Labute approximate surface area is 170 Å². The molecular weight excluding hydrogens is 400 g/mol. The van der Waals surface area contributed by atoms with E-state index in [1.807, 2.05) is 0 Å². The maximum absolute atomic E-state index is 14.6. The molecule has 2 unspecified atom stereocenters. The molecule has 2 aliphatic heterocycles. The smallest absolute Gasteiger partial charge is 0.220 e. The topological polar surface area (TPSA) is 52.6 Å². The standard InChI is InChI=1S/C22H20F4N2O2/c1-12(30)28-11-13(17-6-15(23)2-3-19(17)25)9-22(28)14(4-5-29)10-27-21-18(22)7-16(24)8-20(21)26/h2-3,6-9,14,27,29H,4-5,10-11H2,1H3. The van der Waals surface area contributed by atoms with Gasteiger partial charge in [-0.05, 0) is 42.3 Å². The molecular formula is C22H20F4N2O2. The number of nitrogens with one attached hydrogen (secondary N) is 1. The van der Waals surface area contributed by atoms with E-state index in [1.54, 1.807) is 6.08 Å². The van der Waals surface area contributed by atoms with Gasteiger partial charge in [-0.2, -0.15) is 0 Å². The highest BCUT2D eigenvalue weighted by molar-refractivity contribution is 5.84. The Morgan fingerprint density at radius 1 is 1.17 bits per heavy atom. The quantitative estimate of drug-likeness (QED) is 0.743. The minimum atomic E-state index is -1.31. The number of aliphatic hydroxyl groups is 1. The van der Waals surface area contributed by atoms with Gasteiger partial charge >= 0.3 is 0 Å². The van der Waals surface area contributed by atoms with Gasteiger partial charge in [-0.3, -0.25) is 4.79 Å². The molecule has 4 rings (SSSR count). The Morgan fingerprint density at radius 3 is 2.63 bits per heavy atom. The zero-order chi connectivity index (χ0) is 21.6. The van der Waals surface area contributed by atoms with Crippen molar-refractivity contribution in [3.63, 3.8) is 0 Å². The van der Waals surface area contributed by atoms with E-state index in [4.69, 9.17) is 0 Å². The van der Waals surface area contributed by atoms with E-state index in [-0.39, 0.29) is 42.9 Å². The van der Waals surface area contributed by atoms with Gasteiger partial charge in [0.25, 0.3) is 0 Å². The molecule has 158 valence electrons. The van der Waals surface area contributed by atoms with Crippen LogP contribution in [0.4, 0.5) is 23.2 Å². The maximum Gasteiger partial charge on any atom is 0.220 e. The molecule has 2 aromatic rings. The number of amides is 1. The summed E-state index contributed by atoms with van der Waals surface area (Å²) in [5.74, 6) is -3.78. The van der Waals surface area contributed by atoms with Crippen molar-refractivity contribution < 1.29 is 27.5 Å². The first-order valence-corrected chi connectivity index (χ1v) is 9.57. The summed E-state index contributed by atoms with van der Waals surface area (Å²) in [6.45, 7) is 1.24. The second-order valence-corrected chi connectivity index (χ2v) is 7.62. The van der Waals surface area contributed by atoms with Crippen LogP contribution in [0, 0.1) is 29.2 Å². The van der Waals surface area contributed by atoms with Crippen LogP contribution in [0.15, 0.2) is 36.4 Å². The van der Waals surface area contributed by atoms with Crippen molar-refractivity contribution in [2.24, 2.45) is 5.92 Å². The van der Waals surface area contributed by atoms with Crippen LogP contribution in [0.2, 0.25) is 0 Å². The third-order valence-electron chi connectivity index (χ3n) is 5.94. The minimum absolute atomic E-state index is 0.0159. The maximum atomic E-state index is 14.6. The molecule has 0 aliphatic carbocycles. The van der Waals surface area contributed by atoms with E-state index in [2.05, 4.69) is 5.32 Å². The SMILES string of the molecule is CC(=O)N1CC(c2cc(F)ccc2F)=CC12c1cc(F)cc(F)c1NCC2CCO. The summed E-state index contributed by atoms with van der Waals surface area (Å²) in [6, 6.07) is 4.91. The summed E-state index contributed by atoms with van der Waals surface area (Å²) in [5, 5.41) is 12.5. The lowest BCUT2D eigenvalue weighted by molar-refractivity contribution is -0.134. The van der Waals surface area contributed by atoms with Gasteiger partial charge in [0, 0.05) is 49.7 Å². The fourth-order valence-electron chi connectivity index (χ4n) is 4.68. The summed E-state index contributed by atoms with van der Waals surface area (Å²) in [4.78, 5) is 14.0. The highest BCUT2D eigenvalue weighted by atomic mass is 19.1. The Hall–Kier alpha value is -2.87. The van der Waals surface area contributed by atoms with Gasteiger partial charge in [0.1, 0.15) is 23.3 Å². The summed E-state index contributed by atoms with van der Waals surface area (Å²) >= 11 is 0. The molecule has 0 aromatic heterocycles. The number of benzene rings is 2. The second kappa shape index (κ2) is 7.43. The fourth-order valence-corrected chi connectivity index (χ4v) is 4.68. The first-order chi connectivity index (χ1) is 14.3. The predicted octanol–water partition coefficient (Wildman–Crippen LogP) is 3.81. The van der Waals surface area contributed by atoms with E-state index in [0.717, 1.165) is 30.3 Å². The van der Waals surface area contributed by atoms with E-state index >= 15 is 0 Å². The second-order valence-electron chi connectivity index (χ2n) is 7.62. The predicted molar refractivity (Wildman–Crippen MR) is 103 cm³/mol. The van der Waals surface area contributed by atoms with Gasteiger partial charge in [0.15, 0.2) is 0 Å². The molecule has 2 atom stereocenters. The molecule has 30 heavy (non-hydrogen) atoms. The summed E-state index contributed by atoms with van der Waals surface area (Å²) in [7, 11) is 0. The molecule has 2 heterocycles. The van der Waals surface area contributed by atoms with E-state index < -0.39 is 40.6 Å². The molecule has 0 bridgehead atoms. The zero-order valence-electron chi connectivity index (χ0n) is 16.2. The molecule has 2 aliphatic rings. The van der Waals surface area contributed by atoms with Crippen LogP contribution in [0.1, 0.15) is 24.5 Å². The lowest BCUT2D eigenvalue weighted by Gasteiger charge is -2.48. The number of carbonyl (C=O) groups excluding carboxylic acids is 1. The molecule has 1 amide bonds. The van der Waals surface area contributed by atoms with Crippen molar-refractivity contribution in [2.75, 3.05) is 25.0 Å². The lowest BCUT2D eigenvalue weighted by atomic mass is 9.72. The molecule has 0 saturated carbocycles. The van der Waals surface area contributed by atoms with Crippen molar-refractivity contribution in [3.05, 3.63) is 70.8 Å². The molecule has 2 aromatic carbocycles. The average molecular weight is 420 g/mol. The van der Waals surface area contributed by atoms with Crippen LogP contribution in [0.5, 0.6) is 0 Å². The van der Waals surface area contributed by atoms with Gasteiger partial charge in [-0.25, -0.2) is 17.6 Å². The van der Waals surface area contributed by atoms with Crippen LogP contribution >= 0.6 is 0 Å². The normalized spacial score (nSPS) is 22.7. The highest BCUT2D eigenvalue weighted by Crippen LogP contribution is 2.52. The van der Waals surface area contributed by atoms with Gasteiger partial charge in [0.05, 0.1) is 11.2 Å². The minimum Gasteiger partial charge on any atom is -0.396 e. The van der Waals surface area contributed by atoms with E-state index in [9.17, 15) is 27.5 Å². The first-order valence-electron chi connectivity index (χ1n) is 9.57. The van der Waals surface area contributed by atoms with Crippen LogP contribution in [0.25, 0.3) is 5.57 Å². The summed E-state index contributed by atoms with van der Waals surface area (Å²) in [6.07, 6.45) is 1.81. The van der Waals surface area contributed by atoms with Crippen LogP contribution in [-0.2, 0) is 10.3 Å². The Balaban J connectivity index is 2.00. The lowest BCUT2D eigenvalue weighted by Crippen LogP contribution is -2.54. The van der Waals surface area contributed by atoms with E-state index in [0.29, 0.717) is 5.57 Å². The van der Waals surface area contributed by atoms with Crippen molar-refractivity contribution in [1.82, 2.24) is 4.90 Å². The number of hydrogen-bond donors (Lipinski definition) is 2. The summed E-state index contributed by atoms with van der Waals surface area (Å²) < 4.78 is 57.1. The first kappa shape index (κ1) is 20.4. The molecule has 4 nitrogen and oxygen atoms in total. The van der Waals surface area contributed by atoms with Crippen LogP contribution in [-0.4, -0.2) is 35.6 Å². The number of rotatable bonds is 3. The van der Waals surface area contributed by atoms with Crippen LogP contribution < -0.4 is 5.32 Å². The van der Waals surface area contributed by atoms with Crippen molar-refractivity contribution in [2.45, 2.75) is 18.9 Å². The van der Waals surface area contributed by atoms with Crippen molar-refractivity contribution >= 4 is 17.2 Å². The van der Waals surface area contributed by atoms with Gasteiger partial charge < -0.3 is 15.3 Å². The molecule has 0 radical (unpaired) electrons. The summed E-state index contributed by atoms with van der Waals surface area (Å²) in [5.41, 5.74) is -0.757. The number of anilines is 1. The number of hydrogen-bond acceptors (Lipinski definition) is 3. The van der Waals surface area contributed by atoms with Crippen molar-refractivity contribution in [3.8, 4) is 0 Å². The molecule has 2 N–H and O–H groups in total. The third kappa shape index (κ3) is 3.06. The van der Waals surface area contributed by atoms with Gasteiger partial charge in [0.2, 0.25) is 5.91 Å².